The van der Waals surface area contributed by atoms with Gasteiger partial charge in [-0.2, -0.15) is 0 Å². The number of benzene rings is 1. The summed E-state index contributed by atoms with van der Waals surface area (Å²) in [4.78, 5) is 10.9. The molecular weight excluding hydrogens is 505 g/mol. The highest BCUT2D eigenvalue weighted by molar-refractivity contribution is 6.30. The first-order chi connectivity index (χ1) is 17.8. The number of aliphatic hydroxyl groups is 1. The highest BCUT2D eigenvalue weighted by Crippen LogP contribution is 2.50. The van der Waals surface area contributed by atoms with Crippen LogP contribution in [0.5, 0.6) is 5.75 Å². The summed E-state index contributed by atoms with van der Waals surface area (Å²) < 4.78 is 47.0. The normalized spacial score (nSPS) is 26.3. The molecule has 0 spiro atoms. The van der Waals surface area contributed by atoms with Crippen molar-refractivity contribution in [2.24, 2.45) is 17.8 Å². The molecule has 3 aliphatic rings. The van der Waals surface area contributed by atoms with Crippen molar-refractivity contribution in [1.82, 2.24) is 15.3 Å². The molecule has 2 aliphatic carbocycles. The second kappa shape index (κ2) is 11.3. The monoisotopic (exact) mass is 538 g/mol. The molecule has 2 heterocycles. The van der Waals surface area contributed by atoms with Gasteiger partial charge in [0, 0.05) is 44.5 Å². The van der Waals surface area contributed by atoms with Crippen molar-refractivity contribution >= 4 is 17.5 Å². The first-order valence-corrected chi connectivity index (χ1v) is 13.6. The number of hydrogen-bond acceptors (Lipinski definition) is 6. The number of aromatic nitrogens is 2. The molecule has 10 heteroatoms. The van der Waals surface area contributed by atoms with Crippen LogP contribution in [0.15, 0.2) is 30.6 Å². The molecule has 0 amide bonds. The number of piperidine rings is 1. The first kappa shape index (κ1) is 26.5. The number of nitrogens with zero attached hydrogens (tertiary/aromatic N) is 3. The van der Waals surface area contributed by atoms with E-state index in [0.29, 0.717) is 41.2 Å². The van der Waals surface area contributed by atoms with Crippen LogP contribution in [0.3, 0.4) is 0 Å². The molecule has 2 saturated carbocycles. The van der Waals surface area contributed by atoms with Gasteiger partial charge in [-0.3, -0.25) is 5.32 Å². The minimum atomic E-state index is -2.69. The molecule has 6 nitrogen and oxygen atoms in total. The summed E-state index contributed by atoms with van der Waals surface area (Å²) in [6, 6.07) is 4.18. The van der Waals surface area contributed by atoms with Gasteiger partial charge in [0.05, 0.1) is 24.0 Å². The molecule has 0 bridgehead atoms. The molecule has 202 valence electrons. The fraction of sp³-hybridized carbons (Fsp3) is 0.630. The van der Waals surface area contributed by atoms with Gasteiger partial charge in [-0.25, -0.2) is 23.1 Å². The van der Waals surface area contributed by atoms with Gasteiger partial charge in [0.1, 0.15) is 17.8 Å². The molecule has 0 radical (unpaired) electrons. The number of anilines is 1. The average molecular weight is 539 g/mol. The third-order valence-electron chi connectivity index (χ3n) is 8.04. The number of ether oxygens (including phenoxy) is 1. The molecule has 1 saturated heterocycles. The van der Waals surface area contributed by atoms with Crippen molar-refractivity contribution in [1.29, 1.82) is 0 Å². The number of aliphatic hydroxyl groups excluding tert-OH is 1. The van der Waals surface area contributed by atoms with E-state index < -0.39 is 24.0 Å². The molecule has 4 unspecified atom stereocenters. The smallest absolute Gasteiger partial charge is 0.249 e. The quantitative estimate of drug-likeness (QED) is 0.404. The lowest BCUT2D eigenvalue weighted by molar-refractivity contribution is 0.00444. The second-order valence-electron chi connectivity index (χ2n) is 10.8. The molecule has 2 aromatic rings. The topological polar surface area (TPSA) is 70.5 Å². The van der Waals surface area contributed by atoms with Crippen LogP contribution in [-0.2, 0) is 6.42 Å². The van der Waals surface area contributed by atoms with E-state index in [1.165, 1.54) is 12.5 Å². The number of rotatable bonds is 10. The van der Waals surface area contributed by atoms with Crippen LogP contribution in [0, 0.1) is 23.6 Å². The summed E-state index contributed by atoms with van der Waals surface area (Å²) in [5.41, 5.74) is 0.328. The molecule has 5 rings (SSSR count). The zero-order valence-corrected chi connectivity index (χ0v) is 21.5. The van der Waals surface area contributed by atoms with Crippen LogP contribution in [-0.4, -0.2) is 53.0 Å². The Labute approximate surface area is 220 Å². The highest BCUT2D eigenvalue weighted by atomic mass is 35.5. The van der Waals surface area contributed by atoms with Gasteiger partial charge in [-0.1, -0.05) is 17.7 Å². The van der Waals surface area contributed by atoms with Crippen molar-refractivity contribution in [3.63, 3.8) is 0 Å². The first-order valence-electron chi connectivity index (χ1n) is 13.2. The molecule has 37 heavy (non-hydrogen) atoms. The number of halogens is 4. The van der Waals surface area contributed by atoms with Gasteiger partial charge in [0.15, 0.2) is 0 Å². The third kappa shape index (κ3) is 7.06. The Morgan fingerprint density at radius 1 is 1.19 bits per heavy atom. The Kier molecular flexibility index (Phi) is 8.12. The largest absolute Gasteiger partial charge is 0.493 e. The number of hydrogen-bond donors (Lipinski definition) is 2. The van der Waals surface area contributed by atoms with E-state index in [-0.39, 0.29) is 19.3 Å². The lowest BCUT2D eigenvalue weighted by Crippen LogP contribution is -2.39. The van der Waals surface area contributed by atoms with Crippen molar-refractivity contribution in [3.05, 3.63) is 47.0 Å². The lowest BCUT2D eigenvalue weighted by Gasteiger charge is -2.32. The Morgan fingerprint density at radius 2 is 1.95 bits per heavy atom. The van der Waals surface area contributed by atoms with E-state index in [4.69, 9.17) is 16.3 Å². The summed E-state index contributed by atoms with van der Waals surface area (Å²) in [6.45, 7) is 2.45. The highest BCUT2D eigenvalue weighted by Gasteiger charge is 2.43. The van der Waals surface area contributed by atoms with Crippen LogP contribution in [0.4, 0.5) is 19.1 Å². The molecule has 1 aromatic heterocycles. The van der Waals surface area contributed by atoms with E-state index in [1.54, 1.807) is 24.5 Å². The molecule has 2 N–H and O–H groups in total. The Hall–Kier alpha value is -2.10. The molecule has 1 aliphatic heterocycles. The van der Waals surface area contributed by atoms with Gasteiger partial charge in [0.25, 0.3) is 0 Å². The van der Waals surface area contributed by atoms with Crippen molar-refractivity contribution in [3.8, 4) is 5.75 Å². The van der Waals surface area contributed by atoms with E-state index in [1.807, 2.05) is 0 Å². The van der Waals surface area contributed by atoms with Gasteiger partial charge in [-0.15, -0.1) is 0 Å². The minimum Gasteiger partial charge on any atom is -0.493 e. The zero-order valence-electron chi connectivity index (χ0n) is 20.8. The van der Waals surface area contributed by atoms with E-state index in [0.717, 1.165) is 44.2 Å². The Bertz CT molecular complexity index is 1050. The van der Waals surface area contributed by atoms with Crippen LogP contribution in [0.2, 0.25) is 5.02 Å². The minimum absolute atomic E-state index is 0.0148. The van der Waals surface area contributed by atoms with Gasteiger partial charge < -0.3 is 14.7 Å². The Morgan fingerprint density at radius 3 is 2.62 bits per heavy atom. The second-order valence-corrected chi connectivity index (χ2v) is 11.2. The molecule has 3 fully saturated rings. The predicted molar refractivity (Wildman–Crippen MR) is 136 cm³/mol. The lowest BCUT2D eigenvalue weighted by atomic mass is 9.90. The van der Waals surface area contributed by atoms with Crippen molar-refractivity contribution < 1.29 is 23.0 Å². The maximum absolute atomic E-state index is 14.6. The van der Waals surface area contributed by atoms with Crippen molar-refractivity contribution in [2.75, 3.05) is 24.6 Å². The zero-order chi connectivity index (χ0) is 26.0. The van der Waals surface area contributed by atoms with E-state index >= 15 is 0 Å². The molecule has 1 aromatic carbocycles. The third-order valence-corrected chi connectivity index (χ3v) is 8.23. The fourth-order valence-corrected chi connectivity index (χ4v) is 6.02. The average Bonchev–Trinajstić information content (AvgIpc) is 3.56. The van der Waals surface area contributed by atoms with Gasteiger partial charge in [0.2, 0.25) is 11.9 Å². The van der Waals surface area contributed by atoms with Crippen LogP contribution in [0.1, 0.15) is 50.5 Å². The summed E-state index contributed by atoms with van der Waals surface area (Å²) in [5.74, 6) is 0.143. The fourth-order valence-electron chi connectivity index (χ4n) is 5.92. The molecule has 4 atom stereocenters. The number of alkyl halides is 2. The summed E-state index contributed by atoms with van der Waals surface area (Å²) >= 11 is 5.88. The maximum Gasteiger partial charge on any atom is 0.249 e. The van der Waals surface area contributed by atoms with E-state index in [9.17, 15) is 18.3 Å². The van der Waals surface area contributed by atoms with E-state index in [2.05, 4.69) is 20.2 Å². The number of nitrogens with one attached hydrogen (secondary N) is 1. The summed E-state index contributed by atoms with van der Waals surface area (Å²) in [7, 11) is 0. The maximum atomic E-state index is 14.6. The van der Waals surface area contributed by atoms with Crippen molar-refractivity contribution in [2.45, 2.75) is 69.6 Å². The van der Waals surface area contributed by atoms with Gasteiger partial charge >= 0.3 is 0 Å². The van der Waals surface area contributed by atoms with Gasteiger partial charge in [-0.05, 0) is 61.5 Å². The SMILES string of the molecule is OC(Cc1ccc(OCCC2CC2C2CCN(c3ncc(Cl)cn3)CC2)cc1F)NC1CCC(F)(F)C1. The van der Waals surface area contributed by atoms with Crippen LogP contribution >= 0.6 is 11.6 Å². The standard InChI is InChI=1S/C27H34ClF3N4O2/c28-20-15-32-26(33-16-20)35-8-4-17(5-9-35)23-11-18(23)6-10-37-22-2-1-19(24(29)13-22)12-25(36)34-21-3-7-27(30,31)14-21/h1-2,13,15-18,21,23,25,34,36H,3-12,14H2. The van der Waals surface area contributed by atoms with Crippen LogP contribution < -0.4 is 15.0 Å². The van der Waals surface area contributed by atoms with Crippen LogP contribution in [0.25, 0.3) is 0 Å². The summed E-state index contributed by atoms with van der Waals surface area (Å²) in [5, 5.41) is 13.5. The summed E-state index contributed by atoms with van der Waals surface area (Å²) in [6.07, 6.45) is 6.47. The molecular formula is C27H34ClF3N4O2. The predicted octanol–water partition coefficient (Wildman–Crippen LogP) is 5.23. The Balaban J connectivity index is 1.00.